The van der Waals surface area contributed by atoms with Gasteiger partial charge >= 0.3 is 0 Å². The number of hydrogen-bond donors (Lipinski definition) is 1. The molecule has 1 fully saturated rings. The molecular formula is C15H23ClN2O3. The Kier molecular flexibility index (Phi) is 7.50. The molecule has 6 heteroatoms. The zero-order valence-corrected chi connectivity index (χ0v) is 13.1. The van der Waals surface area contributed by atoms with E-state index in [0.29, 0.717) is 19.7 Å². The summed E-state index contributed by atoms with van der Waals surface area (Å²) in [6, 6.07) is 9.57. The second kappa shape index (κ2) is 8.87. The first-order valence-corrected chi connectivity index (χ1v) is 6.99. The van der Waals surface area contributed by atoms with E-state index in [1.54, 1.807) is 11.9 Å². The monoisotopic (exact) mass is 314 g/mol. The van der Waals surface area contributed by atoms with Crippen molar-refractivity contribution in [3.05, 3.63) is 30.3 Å². The summed E-state index contributed by atoms with van der Waals surface area (Å²) in [6.07, 6.45) is 1.30. The molecule has 1 heterocycles. The molecule has 0 bridgehead atoms. The Bertz CT molecular complexity index is 430. The van der Waals surface area contributed by atoms with Crippen molar-refractivity contribution in [1.82, 2.24) is 4.90 Å². The molecule has 1 aliphatic rings. The molecule has 0 spiro atoms. The highest BCUT2D eigenvalue weighted by atomic mass is 35.5. The molecule has 0 aromatic heterocycles. The summed E-state index contributed by atoms with van der Waals surface area (Å²) in [4.78, 5) is 13.8. The van der Waals surface area contributed by atoms with E-state index >= 15 is 0 Å². The van der Waals surface area contributed by atoms with Gasteiger partial charge in [0.15, 0.2) is 0 Å². The largest absolute Gasteiger partial charge is 0.492 e. The number of benzene rings is 1. The molecule has 1 aromatic rings. The van der Waals surface area contributed by atoms with Gasteiger partial charge in [0.1, 0.15) is 18.5 Å². The van der Waals surface area contributed by atoms with E-state index in [0.717, 1.165) is 18.6 Å². The van der Waals surface area contributed by atoms with Crippen LogP contribution in [0.25, 0.3) is 0 Å². The summed E-state index contributed by atoms with van der Waals surface area (Å²) in [6.45, 7) is 1.49. The molecule has 5 nitrogen and oxygen atoms in total. The van der Waals surface area contributed by atoms with Crippen LogP contribution >= 0.6 is 12.4 Å². The van der Waals surface area contributed by atoms with Crippen molar-refractivity contribution in [3.8, 4) is 5.75 Å². The number of halogens is 1. The third kappa shape index (κ3) is 5.19. The number of amides is 1. The number of rotatable bonds is 6. The molecule has 1 saturated heterocycles. The van der Waals surface area contributed by atoms with Gasteiger partial charge in [0.2, 0.25) is 0 Å². The van der Waals surface area contributed by atoms with Gasteiger partial charge in [-0.2, -0.15) is 0 Å². The van der Waals surface area contributed by atoms with Crippen LogP contribution in [0, 0.1) is 0 Å². The summed E-state index contributed by atoms with van der Waals surface area (Å²) >= 11 is 0. The lowest BCUT2D eigenvalue weighted by atomic mass is 10.2. The minimum atomic E-state index is -0.342. The van der Waals surface area contributed by atoms with Crippen LogP contribution in [0.5, 0.6) is 5.75 Å². The lowest BCUT2D eigenvalue weighted by Gasteiger charge is -2.21. The van der Waals surface area contributed by atoms with Crippen molar-refractivity contribution in [2.45, 2.75) is 25.0 Å². The first-order chi connectivity index (χ1) is 9.70. The molecule has 0 radical (unpaired) electrons. The number of carbonyl (C=O) groups is 1. The van der Waals surface area contributed by atoms with Gasteiger partial charge in [-0.05, 0) is 25.0 Å². The number of carbonyl (C=O) groups excluding carboxylic acids is 1. The smallest absolute Gasteiger partial charge is 0.251 e. The summed E-state index contributed by atoms with van der Waals surface area (Å²) in [5.74, 6) is 0.825. The molecule has 2 rings (SSSR count). The average molecular weight is 315 g/mol. The maximum atomic E-state index is 12.2. The maximum Gasteiger partial charge on any atom is 0.251 e. The zero-order chi connectivity index (χ0) is 14.4. The fourth-order valence-corrected chi connectivity index (χ4v) is 2.23. The molecule has 118 valence electrons. The highest BCUT2D eigenvalue weighted by molar-refractivity contribution is 5.85. The second-order valence-electron chi connectivity index (χ2n) is 4.98. The van der Waals surface area contributed by atoms with Crippen LogP contribution in [-0.4, -0.2) is 49.8 Å². The van der Waals surface area contributed by atoms with Crippen LogP contribution in [0.4, 0.5) is 0 Å². The predicted molar refractivity (Wildman–Crippen MR) is 83.8 cm³/mol. The fourth-order valence-electron chi connectivity index (χ4n) is 2.23. The van der Waals surface area contributed by atoms with Crippen molar-refractivity contribution in [3.63, 3.8) is 0 Å². The van der Waals surface area contributed by atoms with Crippen molar-refractivity contribution in [1.29, 1.82) is 0 Å². The van der Waals surface area contributed by atoms with Crippen molar-refractivity contribution in [2.24, 2.45) is 5.73 Å². The third-order valence-corrected chi connectivity index (χ3v) is 3.46. The van der Waals surface area contributed by atoms with E-state index in [4.69, 9.17) is 15.2 Å². The molecule has 0 unspecified atom stereocenters. The number of likely N-dealkylation sites (N-methyl/N-ethyl adjacent to an activating group) is 1. The van der Waals surface area contributed by atoms with Gasteiger partial charge in [-0.25, -0.2) is 0 Å². The number of nitrogens with zero attached hydrogens (tertiary/aromatic N) is 1. The van der Waals surface area contributed by atoms with Crippen LogP contribution < -0.4 is 10.5 Å². The Morgan fingerprint density at radius 3 is 2.71 bits per heavy atom. The van der Waals surface area contributed by atoms with Gasteiger partial charge in [-0.15, -0.1) is 12.4 Å². The Labute approximate surface area is 131 Å². The quantitative estimate of drug-likeness (QED) is 0.863. The second-order valence-corrected chi connectivity index (χ2v) is 4.98. The Balaban J connectivity index is 0.00000220. The molecule has 2 N–H and O–H groups in total. The van der Waals surface area contributed by atoms with E-state index in [-0.39, 0.29) is 30.5 Å². The molecule has 1 amide bonds. The van der Waals surface area contributed by atoms with Crippen LogP contribution in [0.15, 0.2) is 30.3 Å². The Morgan fingerprint density at radius 2 is 2.10 bits per heavy atom. The Hall–Kier alpha value is -1.30. The number of nitrogens with two attached hydrogens (primary N) is 1. The molecule has 0 saturated carbocycles. The van der Waals surface area contributed by atoms with E-state index in [2.05, 4.69) is 0 Å². The molecule has 1 aromatic carbocycles. The average Bonchev–Trinajstić information content (AvgIpc) is 2.96. The molecular weight excluding hydrogens is 292 g/mol. The number of ether oxygens (including phenoxy) is 2. The number of para-hydroxylation sites is 1. The van der Waals surface area contributed by atoms with Crippen molar-refractivity contribution in [2.75, 3.05) is 26.7 Å². The van der Waals surface area contributed by atoms with Gasteiger partial charge < -0.3 is 20.1 Å². The standard InChI is InChI=1S/C15H22N2O3.ClH/c1-17(9-10-19-12-5-3-2-4-6-12)15(18)14-8-7-13(11-16)20-14;/h2-6,13-14H,7-11,16H2,1H3;1H/t13-,14+;/m1./s1. The highest BCUT2D eigenvalue weighted by Gasteiger charge is 2.31. The van der Waals surface area contributed by atoms with Gasteiger partial charge in [-0.3, -0.25) is 4.79 Å². The maximum absolute atomic E-state index is 12.2. The SMILES string of the molecule is CN(CCOc1ccccc1)C(=O)[C@@H]1CC[C@H](CN)O1.Cl. The topological polar surface area (TPSA) is 64.8 Å². The summed E-state index contributed by atoms with van der Waals surface area (Å²) in [5.41, 5.74) is 5.55. The van der Waals surface area contributed by atoms with Crippen molar-refractivity contribution >= 4 is 18.3 Å². The lowest BCUT2D eigenvalue weighted by molar-refractivity contribution is -0.141. The van der Waals surface area contributed by atoms with Crippen LogP contribution in [0.3, 0.4) is 0 Å². The first-order valence-electron chi connectivity index (χ1n) is 6.99. The zero-order valence-electron chi connectivity index (χ0n) is 12.2. The van der Waals surface area contributed by atoms with E-state index in [1.807, 2.05) is 30.3 Å². The normalized spacial score (nSPS) is 20.7. The highest BCUT2D eigenvalue weighted by Crippen LogP contribution is 2.20. The first kappa shape index (κ1) is 17.8. The Morgan fingerprint density at radius 1 is 1.38 bits per heavy atom. The summed E-state index contributed by atoms with van der Waals surface area (Å²) in [5, 5.41) is 0. The van der Waals surface area contributed by atoms with E-state index in [9.17, 15) is 4.79 Å². The van der Waals surface area contributed by atoms with Gasteiger partial charge in [0.05, 0.1) is 12.6 Å². The molecule has 21 heavy (non-hydrogen) atoms. The van der Waals surface area contributed by atoms with Gasteiger partial charge in [0, 0.05) is 13.6 Å². The van der Waals surface area contributed by atoms with Crippen molar-refractivity contribution < 1.29 is 14.3 Å². The molecule has 2 atom stereocenters. The summed E-state index contributed by atoms with van der Waals surface area (Å²) < 4.78 is 11.2. The fraction of sp³-hybridized carbons (Fsp3) is 0.533. The third-order valence-electron chi connectivity index (χ3n) is 3.46. The molecule has 1 aliphatic heterocycles. The van der Waals surface area contributed by atoms with Gasteiger partial charge in [0.25, 0.3) is 5.91 Å². The minimum absolute atomic E-state index is 0. The van der Waals surface area contributed by atoms with Crippen LogP contribution in [0.1, 0.15) is 12.8 Å². The van der Waals surface area contributed by atoms with Gasteiger partial charge in [-0.1, -0.05) is 18.2 Å². The molecule has 0 aliphatic carbocycles. The minimum Gasteiger partial charge on any atom is -0.492 e. The number of hydrogen-bond acceptors (Lipinski definition) is 4. The van der Waals surface area contributed by atoms with Crippen LogP contribution in [-0.2, 0) is 9.53 Å². The summed E-state index contributed by atoms with van der Waals surface area (Å²) in [7, 11) is 1.77. The predicted octanol–water partition coefficient (Wildman–Crippen LogP) is 1.45. The van der Waals surface area contributed by atoms with E-state index in [1.165, 1.54) is 0 Å². The van der Waals surface area contributed by atoms with Crippen LogP contribution in [0.2, 0.25) is 0 Å². The lowest BCUT2D eigenvalue weighted by Crippen LogP contribution is -2.39. The van der Waals surface area contributed by atoms with E-state index < -0.39 is 0 Å².